The van der Waals surface area contributed by atoms with E-state index in [1.165, 1.54) is 6.07 Å². The first-order valence-corrected chi connectivity index (χ1v) is 5.89. The highest BCUT2D eigenvalue weighted by molar-refractivity contribution is 14.1. The van der Waals surface area contributed by atoms with Gasteiger partial charge in [-0.3, -0.25) is 9.59 Å². The zero-order valence-electron chi connectivity index (χ0n) is 8.93. The van der Waals surface area contributed by atoms with Crippen molar-refractivity contribution < 1.29 is 18.3 Å². The van der Waals surface area contributed by atoms with Gasteiger partial charge in [-0.05, 0) is 35.6 Å². The van der Waals surface area contributed by atoms with Gasteiger partial charge in [0.1, 0.15) is 0 Å². The molecule has 1 aromatic heterocycles. The van der Waals surface area contributed by atoms with Crippen LogP contribution in [-0.4, -0.2) is 17.6 Å². The number of esters is 1. The molecule has 0 bridgehead atoms. The van der Waals surface area contributed by atoms with E-state index in [0.29, 0.717) is 0 Å². The Bertz CT molecular complexity index is 473. The summed E-state index contributed by atoms with van der Waals surface area (Å²) < 4.78 is 29.8. The van der Waals surface area contributed by atoms with E-state index >= 15 is 0 Å². The fourth-order valence-electron chi connectivity index (χ4n) is 1.22. The van der Waals surface area contributed by atoms with E-state index < -0.39 is 23.6 Å². The van der Waals surface area contributed by atoms with Crippen LogP contribution in [-0.2, 0) is 16.0 Å². The lowest BCUT2D eigenvalue weighted by atomic mass is 10.2. The number of rotatable bonds is 4. The molecule has 1 N–H and O–H groups in total. The average molecular weight is 357 g/mol. The molecule has 0 fully saturated rings. The van der Waals surface area contributed by atoms with Gasteiger partial charge in [-0.2, -0.15) is 0 Å². The number of alkyl halides is 2. The van der Waals surface area contributed by atoms with Crippen LogP contribution in [0.25, 0.3) is 0 Å². The van der Waals surface area contributed by atoms with E-state index in [1.54, 1.807) is 29.5 Å². The van der Waals surface area contributed by atoms with Gasteiger partial charge in [0.15, 0.2) is 0 Å². The molecule has 0 unspecified atom stereocenters. The van der Waals surface area contributed by atoms with Gasteiger partial charge in [0, 0.05) is 9.13 Å². The van der Waals surface area contributed by atoms with Crippen molar-refractivity contribution in [3.8, 4) is 0 Å². The number of H-pyrrole nitrogens is 1. The van der Waals surface area contributed by atoms with Gasteiger partial charge in [0.05, 0.1) is 18.7 Å². The standard InChI is InChI=1S/C10H10F2INO3/c1-2-17-7(15)4-5-3-6(13)8(9(11)12)14-10(5)16/h3,9H,2,4H2,1H3,(H,14,16). The van der Waals surface area contributed by atoms with Crippen molar-refractivity contribution in [3.05, 3.63) is 31.2 Å². The number of aromatic amines is 1. The van der Waals surface area contributed by atoms with Crippen LogP contribution in [0.15, 0.2) is 10.9 Å². The number of hydrogen-bond donors (Lipinski definition) is 1. The average Bonchev–Trinajstić information content (AvgIpc) is 2.22. The summed E-state index contributed by atoms with van der Waals surface area (Å²) in [6, 6.07) is 1.28. The summed E-state index contributed by atoms with van der Waals surface area (Å²) in [6.07, 6.45) is -2.96. The molecule has 0 saturated carbocycles. The fourth-order valence-corrected chi connectivity index (χ4v) is 1.96. The normalized spacial score (nSPS) is 10.6. The first kappa shape index (κ1) is 14.1. The van der Waals surface area contributed by atoms with Gasteiger partial charge < -0.3 is 9.72 Å². The maximum Gasteiger partial charge on any atom is 0.310 e. The number of carbonyl (C=O) groups excluding carboxylic acids is 1. The van der Waals surface area contributed by atoms with Crippen LogP contribution in [0.2, 0.25) is 0 Å². The van der Waals surface area contributed by atoms with E-state index in [4.69, 9.17) is 0 Å². The molecule has 7 heteroatoms. The number of carbonyl (C=O) groups is 1. The second kappa shape index (κ2) is 6.08. The Morgan fingerprint density at radius 3 is 2.76 bits per heavy atom. The van der Waals surface area contributed by atoms with Crippen LogP contribution in [0.1, 0.15) is 24.6 Å². The zero-order valence-corrected chi connectivity index (χ0v) is 11.1. The Morgan fingerprint density at radius 2 is 2.24 bits per heavy atom. The first-order chi connectivity index (χ1) is 7.95. The highest BCUT2D eigenvalue weighted by atomic mass is 127. The Morgan fingerprint density at radius 1 is 1.59 bits per heavy atom. The molecule has 1 aromatic rings. The van der Waals surface area contributed by atoms with Gasteiger partial charge in [0.2, 0.25) is 0 Å². The molecule has 0 amide bonds. The minimum absolute atomic E-state index is 0.122. The van der Waals surface area contributed by atoms with Crippen molar-refractivity contribution in [2.24, 2.45) is 0 Å². The summed E-state index contributed by atoms with van der Waals surface area (Å²) in [5, 5.41) is 0. The molecule has 4 nitrogen and oxygen atoms in total. The maximum atomic E-state index is 12.5. The molecule has 17 heavy (non-hydrogen) atoms. The Kier molecular flexibility index (Phi) is 5.03. The van der Waals surface area contributed by atoms with Gasteiger partial charge in [-0.15, -0.1) is 0 Å². The minimum Gasteiger partial charge on any atom is -0.466 e. The van der Waals surface area contributed by atoms with E-state index in [2.05, 4.69) is 9.72 Å². The summed E-state index contributed by atoms with van der Waals surface area (Å²) in [7, 11) is 0. The summed E-state index contributed by atoms with van der Waals surface area (Å²) in [5.41, 5.74) is -0.991. The van der Waals surface area contributed by atoms with Crippen LogP contribution in [0.3, 0.4) is 0 Å². The van der Waals surface area contributed by atoms with Gasteiger partial charge >= 0.3 is 5.97 Å². The third-order valence-electron chi connectivity index (χ3n) is 1.96. The smallest absolute Gasteiger partial charge is 0.310 e. The van der Waals surface area contributed by atoms with Crippen LogP contribution in [0.5, 0.6) is 0 Å². The van der Waals surface area contributed by atoms with Gasteiger partial charge in [-0.25, -0.2) is 8.78 Å². The number of aromatic nitrogens is 1. The van der Waals surface area contributed by atoms with Crippen molar-refractivity contribution in [2.75, 3.05) is 6.61 Å². The highest BCUT2D eigenvalue weighted by Gasteiger charge is 2.16. The summed E-state index contributed by atoms with van der Waals surface area (Å²) in [4.78, 5) is 24.7. The summed E-state index contributed by atoms with van der Waals surface area (Å²) in [5.74, 6) is -0.557. The molecule has 0 aliphatic rings. The first-order valence-electron chi connectivity index (χ1n) is 4.81. The largest absolute Gasteiger partial charge is 0.466 e. The molecule has 0 radical (unpaired) electrons. The molecule has 0 aliphatic heterocycles. The SMILES string of the molecule is CCOC(=O)Cc1cc(I)c(C(F)F)[nH]c1=O. The lowest BCUT2D eigenvalue weighted by molar-refractivity contribution is -0.142. The van der Waals surface area contributed by atoms with Crippen molar-refractivity contribution >= 4 is 28.6 Å². The zero-order chi connectivity index (χ0) is 13.0. The van der Waals surface area contributed by atoms with E-state index in [0.717, 1.165) is 0 Å². The molecule has 1 heterocycles. The van der Waals surface area contributed by atoms with E-state index in [-0.39, 0.29) is 22.2 Å². The van der Waals surface area contributed by atoms with Crippen molar-refractivity contribution in [3.63, 3.8) is 0 Å². The number of nitrogens with one attached hydrogen (secondary N) is 1. The topological polar surface area (TPSA) is 59.2 Å². The number of ether oxygens (including phenoxy) is 1. The van der Waals surface area contributed by atoms with E-state index in [1.807, 2.05) is 0 Å². The summed E-state index contributed by atoms with van der Waals surface area (Å²) in [6.45, 7) is 1.86. The number of halogens is 3. The lowest BCUT2D eigenvalue weighted by Gasteiger charge is -2.06. The molecular weight excluding hydrogens is 347 g/mol. The molecule has 0 atom stereocenters. The van der Waals surface area contributed by atoms with Crippen molar-refractivity contribution in [1.29, 1.82) is 0 Å². The third-order valence-corrected chi connectivity index (χ3v) is 2.85. The quantitative estimate of drug-likeness (QED) is 0.663. The predicted octanol–water partition coefficient (Wildman–Crippen LogP) is 2.02. The van der Waals surface area contributed by atoms with Crippen LogP contribution >= 0.6 is 22.6 Å². The van der Waals surface area contributed by atoms with Crippen LogP contribution < -0.4 is 5.56 Å². The molecule has 0 spiro atoms. The highest BCUT2D eigenvalue weighted by Crippen LogP contribution is 2.21. The Balaban J connectivity index is 3.00. The molecule has 0 aliphatic carbocycles. The second-order valence-corrected chi connectivity index (χ2v) is 4.33. The van der Waals surface area contributed by atoms with E-state index in [9.17, 15) is 18.4 Å². The van der Waals surface area contributed by atoms with Crippen molar-refractivity contribution in [1.82, 2.24) is 4.98 Å². The number of hydrogen-bond acceptors (Lipinski definition) is 3. The minimum atomic E-state index is -2.74. The van der Waals surface area contributed by atoms with Gasteiger partial charge in [-0.1, -0.05) is 0 Å². The molecule has 1 rings (SSSR count). The fraction of sp³-hybridized carbons (Fsp3) is 0.400. The Hall–Kier alpha value is -0.990. The second-order valence-electron chi connectivity index (χ2n) is 3.17. The third kappa shape index (κ3) is 3.76. The Labute approximate surface area is 110 Å². The molecule has 0 aromatic carbocycles. The number of pyridine rings is 1. The van der Waals surface area contributed by atoms with Crippen molar-refractivity contribution in [2.45, 2.75) is 19.8 Å². The maximum absolute atomic E-state index is 12.5. The molecular formula is C10H10F2INO3. The molecule has 0 saturated heterocycles. The van der Waals surface area contributed by atoms with Crippen LogP contribution in [0, 0.1) is 3.57 Å². The predicted molar refractivity (Wildman–Crippen MR) is 65.1 cm³/mol. The van der Waals surface area contributed by atoms with Gasteiger partial charge in [0.25, 0.3) is 12.0 Å². The van der Waals surface area contributed by atoms with Crippen LogP contribution in [0.4, 0.5) is 8.78 Å². The summed E-state index contributed by atoms with van der Waals surface area (Å²) >= 11 is 1.68. The monoisotopic (exact) mass is 357 g/mol. The molecule has 94 valence electrons. The lowest BCUT2D eigenvalue weighted by Crippen LogP contribution is -2.20.